The second kappa shape index (κ2) is 8.43. The number of thiocarbonyl (C=S) groups is 1. The van der Waals surface area contributed by atoms with Gasteiger partial charge in [-0.15, -0.1) is 0 Å². The highest BCUT2D eigenvalue weighted by molar-refractivity contribution is 8.26. The second-order valence-electron chi connectivity index (χ2n) is 6.17. The molecule has 0 spiro atoms. The molecular formula is C21H12ClFN2O3S2. The summed E-state index contributed by atoms with van der Waals surface area (Å²) in [7, 11) is 0. The number of carbonyl (C=O) groups excluding carboxylic acids is 2. The van der Waals surface area contributed by atoms with Gasteiger partial charge in [-0.05, 0) is 72.9 Å². The first-order valence-corrected chi connectivity index (χ1v) is 10.2. The zero-order valence-electron chi connectivity index (χ0n) is 15.1. The van der Waals surface area contributed by atoms with Gasteiger partial charge in [0.1, 0.15) is 17.3 Å². The van der Waals surface area contributed by atoms with Gasteiger partial charge in [0.05, 0.1) is 4.91 Å². The summed E-state index contributed by atoms with van der Waals surface area (Å²) in [5.41, 5.74) is 3.55. The van der Waals surface area contributed by atoms with E-state index in [1.807, 2.05) is 0 Å². The Morgan fingerprint density at radius 2 is 1.80 bits per heavy atom. The van der Waals surface area contributed by atoms with Crippen LogP contribution in [-0.2, 0) is 4.79 Å². The quantitative estimate of drug-likeness (QED) is 0.425. The number of hydrazine groups is 1. The lowest BCUT2D eigenvalue weighted by molar-refractivity contribution is -0.123. The Labute approximate surface area is 185 Å². The minimum absolute atomic E-state index is 0.193. The highest BCUT2D eigenvalue weighted by Gasteiger charge is 2.34. The smallest absolute Gasteiger partial charge is 0.285 e. The van der Waals surface area contributed by atoms with Crippen molar-refractivity contribution < 1.29 is 18.4 Å². The lowest BCUT2D eigenvalue weighted by Crippen LogP contribution is -2.44. The van der Waals surface area contributed by atoms with Crippen LogP contribution in [0.4, 0.5) is 4.39 Å². The first-order chi connectivity index (χ1) is 14.4. The van der Waals surface area contributed by atoms with Gasteiger partial charge in [0.15, 0.2) is 4.32 Å². The molecule has 0 saturated carbocycles. The Balaban J connectivity index is 1.49. The monoisotopic (exact) mass is 458 g/mol. The number of furan rings is 1. The number of thioether (sulfide) groups is 1. The highest BCUT2D eigenvalue weighted by atomic mass is 35.5. The number of hydrogen-bond donors (Lipinski definition) is 1. The molecule has 2 heterocycles. The molecule has 5 nitrogen and oxygen atoms in total. The van der Waals surface area contributed by atoms with Crippen molar-refractivity contribution in [2.24, 2.45) is 0 Å². The minimum Gasteiger partial charge on any atom is -0.457 e. The van der Waals surface area contributed by atoms with E-state index in [-0.39, 0.29) is 10.1 Å². The van der Waals surface area contributed by atoms with E-state index in [0.717, 1.165) is 16.8 Å². The van der Waals surface area contributed by atoms with Gasteiger partial charge in [0.2, 0.25) is 0 Å². The molecule has 1 aromatic heterocycles. The number of nitrogens with one attached hydrogen (secondary N) is 1. The van der Waals surface area contributed by atoms with Crippen LogP contribution in [-0.4, -0.2) is 21.1 Å². The van der Waals surface area contributed by atoms with Crippen molar-refractivity contribution in [3.05, 3.63) is 87.7 Å². The van der Waals surface area contributed by atoms with Crippen molar-refractivity contribution in [3.8, 4) is 11.3 Å². The van der Waals surface area contributed by atoms with Crippen LogP contribution in [0.2, 0.25) is 5.02 Å². The van der Waals surface area contributed by atoms with E-state index in [2.05, 4.69) is 5.43 Å². The van der Waals surface area contributed by atoms with Crippen LogP contribution in [0.25, 0.3) is 17.4 Å². The molecule has 0 unspecified atom stereocenters. The molecule has 0 atom stereocenters. The molecule has 0 aliphatic carbocycles. The van der Waals surface area contributed by atoms with Crippen molar-refractivity contribution in [1.82, 2.24) is 10.4 Å². The van der Waals surface area contributed by atoms with Crippen molar-refractivity contribution in [2.45, 2.75) is 0 Å². The Hall–Kier alpha value is -2.94. The Bertz CT molecular complexity index is 1170. The Morgan fingerprint density at radius 3 is 2.50 bits per heavy atom. The molecule has 3 aromatic rings. The maximum Gasteiger partial charge on any atom is 0.285 e. The molecule has 0 radical (unpaired) electrons. The van der Waals surface area contributed by atoms with Crippen LogP contribution >= 0.6 is 35.6 Å². The molecule has 1 fully saturated rings. The van der Waals surface area contributed by atoms with Crippen molar-refractivity contribution >= 4 is 57.8 Å². The summed E-state index contributed by atoms with van der Waals surface area (Å²) in [6, 6.07) is 15.5. The maximum atomic E-state index is 13.1. The minimum atomic E-state index is -0.485. The summed E-state index contributed by atoms with van der Waals surface area (Å²) in [6.45, 7) is 0. The second-order valence-corrected chi connectivity index (χ2v) is 8.29. The van der Waals surface area contributed by atoms with Gasteiger partial charge < -0.3 is 4.42 Å². The molecule has 150 valence electrons. The molecule has 9 heteroatoms. The number of rotatable bonds is 4. The highest BCUT2D eigenvalue weighted by Crippen LogP contribution is 2.32. The van der Waals surface area contributed by atoms with Gasteiger partial charge in [0, 0.05) is 22.2 Å². The van der Waals surface area contributed by atoms with Gasteiger partial charge >= 0.3 is 0 Å². The summed E-state index contributed by atoms with van der Waals surface area (Å²) in [6.07, 6.45) is 1.54. The topological polar surface area (TPSA) is 62.6 Å². The van der Waals surface area contributed by atoms with Crippen LogP contribution in [0.5, 0.6) is 0 Å². The third kappa shape index (κ3) is 4.30. The first kappa shape index (κ1) is 20.3. The van der Waals surface area contributed by atoms with Gasteiger partial charge in [-0.3, -0.25) is 15.0 Å². The fourth-order valence-corrected chi connectivity index (χ4v) is 3.95. The maximum absolute atomic E-state index is 13.1. The third-order valence-electron chi connectivity index (χ3n) is 4.14. The average Bonchev–Trinajstić information content (AvgIpc) is 3.29. The van der Waals surface area contributed by atoms with Crippen molar-refractivity contribution in [3.63, 3.8) is 0 Å². The largest absolute Gasteiger partial charge is 0.457 e. The molecular weight excluding hydrogens is 447 g/mol. The zero-order valence-corrected chi connectivity index (χ0v) is 17.5. The summed E-state index contributed by atoms with van der Waals surface area (Å²) in [4.78, 5) is 25.4. The van der Waals surface area contributed by atoms with E-state index in [4.69, 9.17) is 28.2 Å². The molecule has 1 N–H and O–H groups in total. The predicted octanol–water partition coefficient (Wildman–Crippen LogP) is 5.29. The molecule has 1 aliphatic heterocycles. The first-order valence-electron chi connectivity index (χ1n) is 8.61. The van der Waals surface area contributed by atoms with E-state index in [0.29, 0.717) is 32.6 Å². The molecule has 30 heavy (non-hydrogen) atoms. The Kier molecular flexibility index (Phi) is 5.72. The molecule has 0 bridgehead atoms. The Morgan fingerprint density at radius 1 is 1.10 bits per heavy atom. The predicted molar refractivity (Wildman–Crippen MR) is 118 cm³/mol. The fraction of sp³-hybridized carbons (Fsp3) is 0. The normalized spacial score (nSPS) is 15.1. The van der Waals surface area contributed by atoms with E-state index in [9.17, 15) is 14.0 Å². The van der Waals surface area contributed by atoms with E-state index >= 15 is 0 Å². The van der Waals surface area contributed by atoms with Gasteiger partial charge in [-0.2, -0.15) is 5.01 Å². The number of carbonyl (C=O) groups is 2. The molecule has 1 aliphatic rings. The van der Waals surface area contributed by atoms with Crippen molar-refractivity contribution in [1.29, 1.82) is 0 Å². The lowest BCUT2D eigenvalue weighted by atomic mass is 10.2. The lowest BCUT2D eigenvalue weighted by Gasteiger charge is -2.15. The third-order valence-corrected chi connectivity index (χ3v) is 5.70. The number of halogens is 2. The molecule has 2 amide bonds. The van der Waals surface area contributed by atoms with Crippen LogP contribution < -0.4 is 5.43 Å². The average molecular weight is 459 g/mol. The standard InChI is InChI=1S/C21H12ClFN2O3S2/c22-14-5-1-13(2-6-14)19(26)24-25-20(27)18(30-21(25)29)11-16-9-10-17(28-16)12-3-7-15(23)8-4-12/h1-11H,(H,24,26)/b18-11-. The molecule has 2 aromatic carbocycles. The van der Waals surface area contributed by atoms with E-state index in [1.165, 1.54) is 12.1 Å². The summed E-state index contributed by atoms with van der Waals surface area (Å²) in [5, 5.41) is 1.52. The van der Waals surface area contributed by atoms with Crippen LogP contribution in [0.15, 0.2) is 70.0 Å². The van der Waals surface area contributed by atoms with E-state index in [1.54, 1.807) is 54.6 Å². The fourth-order valence-electron chi connectivity index (χ4n) is 2.66. The van der Waals surface area contributed by atoms with E-state index < -0.39 is 11.8 Å². The van der Waals surface area contributed by atoms with Crippen LogP contribution in [0.1, 0.15) is 16.1 Å². The zero-order chi connectivity index (χ0) is 21.3. The number of hydrogen-bond acceptors (Lipinski definition) is 5. The van der Waals surface area contributed by atoms with Gasteiger partial charge in [0.25, 0.3) is 11.8 Å². The summed E-state index contributed by atoms with van der Waals surface area (Å²) in [5.74, 6) is -0.325. The van der Waals surface area contributed by atoms with Crippen LogP contribution in [0.3, 0.4) is 0 Å². The summed E-state index contributed by atoms with van der Waals surface area (Å²) < 4.78 is 19.0. The number of benzene rings is 2. The SMILES string of the molecule is O=C(NN1C(=O)/C(=C/c2ccc(-c3ccc(F)cc3)o2)SC1=S)c1ccc(Cl)cc1. The van der Waals surface area contributed by atoms with Crippen LogP contribution in [0, 0.1) is 5.82 Å². The van der Waals surface area contributed by atoms with Gasteiger partial charge in [-0.25, -0.2) is 4.39 Å². The van der Waals surface area contributed by atoms with Gasteiger partial charge in [-0.1, -0.05) is 23.4 Å². The van der Waals surface area contributed by atoms with Crippen molar-refractivity contribution in [2.75, 3.05) is 0 Å². The number of amides is 2. The number of nitrogens with zero attached hydrogens (tertiary/aromatic N) is 1. The summed E-state index contributed by atoms with van der Waals surface area (Å²) >= 11 is 12.1. The molecule has 4 rings (SSSR count). The molecule has 1 saturated heterocycles.